The summed E-state index contributed by atoms with van der Waals surface area (Å²) in [5.41, 5.74) is 4.81. The van der Waals surface area contributed by atoms with Crippen LogP contribution >= 0.6 is 11.6 Å². The highest BCUT2D eigenvalue weighted by Crippen LogP contribution is 2.12. The zero-order valence-corrected chi connectivity index (χ0v) is 9.22. The van der Waals surface area contributed by atoms with Gasteiger partial charge in [-0.3, -0.25) is 10.4 Å². The molecule has 2 rings (SSSR count). The number of halogens is 1. The predicted molar refractivity (Wildman–Crippen MR) is 66.9 cm³/mol. The van der Waals surface area contributed by atoms with Crippen LogP contribution in [-0.2, 0) is 0 Å². The minimum Gasteiger partial charge on any atom is -0.279 e. The van der Waals surface area contributed by atoms with Crippen LogP contribution in [-0.4, -0.2) is 11.2 Å². The van der Waals surface area contributed by atoms with Gasteiger partial charge in [-0.2, -0.15) is 5.10 Å². The van der Waals surface area contributed by atoms with Gasteiger partial charge in [0.05, 0.1) is 11.9 Å². The highest BCUT2D eigenvalue weighted by molar-refractivity contribution is 6.30. The molecule has 1 heterocycles. The van der Waals surface area contributed by atoms with Crippen LogP contribution in [0.3, 0.4) is 0 Å². The standard InChI is InChI=1S/C12H10ClN3/c13-11-1-3-12(4-2-11)16-15-9-10-5-7-14-8-6-10/h1-9,16H/b15-9+. The maximum Gasteiger partial charge on any atom is 0.0562 e. The van der Waals surface area contributed by atoms with E-state index in [1.165, 1.54) is 0 Å². The van der Waals surface area contributed by atoms with Crippen molar-refractivity contribution in [3.8, 4) is 0 Å². The first kappa shape index (κ1) is 10.6. The molecule has 4 heteroatoms. The highest BCUT2D eigenvalue weighted by Gasteiger charge is 1.89. The number of hydrogen-bond acceptors (Lipinski definition) is 3. The number of aromatic nitrogens is 1. The molecule has 0 atom stereocenters. The first-order valence-electron chi connectivity index (χ1n) is 4.79. The second-order valence-corrected chi connectivity index (χ2v) is 3.59. The van der Waals surface area contributed by atoms with E-state index in [4.69, 9.17) is 11.6 Å². The van der Waals surface area contributed by atoms with Crippen molar-refractivity contribution in [2.24, 2.45) is 5.10 Å². The monoisotopic (exact) mass is 231 g/mol. The molecular formula is C12H10ClN3. The van der Waals surface area contributed by atoms with E-state index in [2.05, 4.69) is 15.5 Å². The number of hydrogen-bond donors (Lipinski definition) is 1. The first-order chi connectivity index (χ1) is 7.84. The fraction of sp³-hybridized carbons (Fsp3) is 0. The molecule has 1 aromatic carbocycles. The maximum absolute atomic E-state index is 5.77. The molecule has 0 radical (unpaired) electrons. The van der Waals surface area contributed by atoms with E-state index >= 15 is 0 Å². The summed E-state index contributed by atoms with van der Waals surface area (Å²) >= 11 is 5.77. The zero-order chi connectivity index (χ0) is 11.2. The van der Waals surface area contributed by atoms with Crippen LogP contribution in [0, 0.1) is 0 Å². The molecule has 0 saturated heterocycles. The van der Waals surface area contributed by atoms with Gasteiger partial charge in [0.25, 0.3) is 0 Å². The number of benzene rings is 1. The van der Waals surface area contributed by atoms with Gasteiger partial charge in [0.2, 0.25) is 0 Å². The van der Waals surface area contributed by atoms with Crippen molar-refractivity contribution in [3.63, 3.8) is 0 Å². The molecule has 0 spiro atoms. The van der Waals surface area contributed by atoms with Crippen LogP contribution in [0.1, 0.15) is 5.56 Å². The Bertz CT molecular complexity index is 465. The zero-order valence-electron chi connectivity index (χ0n) is 8.47. The van der Waals surface area contributed by atoms with Crippen LogP contribution in [0.5, 0.6) is 0 Å². The van der Waals surface area contributed by atoms with Crippen molar-refractivity contribution in [1.82, 2.24) is 4.98 Å². The average molecular weight is 232 g/mol. The largest absolute Gasteiger partial charge is 0.279 e. The normalized spacial score (nSPS) is 10.6. The third-order valence-electron chi connectivity index (χ3n) is 1.96. The molecule has 16 heavy (non-hydrogen) atoms. The Morgan fingerprint density at radius 2 is 1.75 bits per heavy atom. The minimum absolute atomic E-state index is 0.712. The van der Waals surface area contributed by atoms with E-state index in [0.29, 0.717) is 5.02 Å². The van der Waals surface area contributed by atoms with Crippen LogP contribution in [0.4, 0.5) is 5.69 Å². The van der Waals surface area contributed by atoms with Gasteiger partial charge in [-0.15, -0.1) is 0 Å². The maximum atomic E-state index is 5.77. The smallest absolute Gasteiger partial charge is 0.0562 e. The first-order valence-corrected chi connectivity index (χ1v) is 5.17. The van der Waals surface area contributed by atoms with Crippen molar-refractivity contribution in [1.29, 1.82) is 0 Å². The van der Waals surface area contributed by atoms with E-state index < -0.39 is 0 Å². The lowest BCUT2D eigenvalue weighted by Gasteiger charge is -1.99. The van der Waals surface area contributed by atoms with Gasteiger partial charge < -0.3 is 0 Å². The lowest BCUT2D eigenvalue weighted by atomic mass is 10.3. The third kappa shape index (κ3) is 3.07. The molecule has 0 saturated carbocycles. The van der Waals surface area contributed by atoms with Crippen LogP contribution in [0.25, 0.3) is 0 Å². The average Bonchev–Trinajstić information content (AvgIpc) is 2.33. The Morgan fingerprint density at radius 1 is 1.06 bits per heavy atom. The molecule has 0 unspecified atom stereocenters. The molecule has 1 aromatic heterocycles. The lowest BCUT2D eigenvalue weighted by Crippen LogP contribution is -1.90. The molecule has 0 aliphatic carbocycles. The van der Waals surface area contributed by atoms with Gasteiger partial charge in [0.15, 0.2) is 0 Å². The number of pyridine rings is 1. The number of rotatable bonds is 3. The molecule has 1 N–H and O–H groups in total. The molecule has 2 aromatic rings. The quantitative estimate of drug-likeness (QED) is 0.651. The summed E-state index contributed by atoms with van der Waals surface area (Å²) in [4.78, 5) is 3.92. The van der Waals surface area contributed by atoms with E-state index in [1.807, 2.05) is 36.4 Å². The second-order valence-electron chi connectivity index (χ2n) is 3.16. The summed E-state index contributed by atoms with van der Waals surface area (Å²) in [7, 11) is 0. The molecule has 3 nitrogen and oxygen atoms in total. The molecule has 80 valence electrons. The fourth-order valence-electron chi connectivity index (χ4n) is 1.16. The molecule has 0 aliphatic heterocycles. The number of nitrogens with one attached hydrogen (secondary N) is 1. The van der Waals surface area contributed by atoms with Crippen LogP contribution in [0.2, 0.25) is 5.02 Å². The van der Waals surface area contributed by atoms with E-state index in [9.17, 15) is 0 Å². The number of nitrogens with zero attached hydrogens (tertiary/aromatic N) is 2. The van der Waals surface area contributed by atoms with Gasteiger partial charge in [-0.05, 0) is 42.0 Å². The Morgan fingerprint density at radius 3 is 2.44 bits per heavy atom. The second kappa shape index (κ2) is 5.28. The van der Waals surface area contributed by atoms with Gasteiger partial charge in [0.1, 0.15) is 0 Å². The third-order valence-corrected chi connectivity index (χ3v) is 2.21. The topological polar surface area (TPSA) is 37.3 Å². The minimum atomic E-state index is 0.712. The number of hydrazone groups is 1. The van der Waals surface area contributed by atoms with Gasteiger partial charge in [-0.25, -0.2) is 0 Å². The van der Waals surface area contributed by atoms with Crippen molar-refractivity contribution in [3.05, 3.63) is 59.4 Å². The van der Waals surface area contributed by atoms with Crippen molar-refractivity contribution in [2.45, 2.75) is 0 Å². The molecule has 0 bridgehead atoms. The Hall–Kier alpha value is -1.87. The van der Waals surface area contributed by atoms with Crippen molar-refractivity contribution >= 4 is 23.5 Å². The van der Waals surface area contributed by atoms with Crippen molar-refractivity contribution in [2.75, 3.05) is 5.43 Å². The summed E-state index contributed by atoms with van der Waals surface area (Å²) in [5.74, 6) is 0. The Labute approximate surface area is 98.8 Å². The molecule has 0 fully saturated rings. The molecule has 0 amide bonds. The fourth-order valence-corrected chi connectivity index (χ4v) is 1.28. The van der Waals surface area contributed by atoms with E-state index in [-0.39, 0.29) is 0 Å². The van der Waals surface area contributed by atoms with Gasteiger partial charge in [-0.1, -0.05) is 11.6 Å². The molecular weight excluding hydrogens is 222 g/mol. The predicted octanol–water partition coefficient (Wildman–Crippen LogP) is 3.18. The summed E-state index contributed by atoms with van der Waals surface area (Å²) in [6.07, 6.45) is 5.18. The lowest BCUT2D eigenvalue weighted by molar-refractivity contribution is 1.31. The summed E-state index contributed by atoms with van der Waals surface area (Å²) in [6, 6.07) is 11.1. The summed E-state index contributed by atoms with van der Waals surface area (Å²) in [5, 5.41) is 4.81. The highest BCUT2D eigenvalue weighted by atomic mass is 35.5. The molecule has 0 aliphatic rings. The van der Waals surface area contributed by atoms with Gasteiger partial charge in [0, 0.05) is 17.4 Å². The van der Waals surface area contributed by atoms with E-state index in [0.717, 1.165) is 11.3 Å². The SMILES string of the molecule is Clc1ccc(N/N=C/c2ccncc2)cc1. The Balaban J connectivity index is 1.97. The summed E-state index contributed by atoms with van der Waals surface area (Å²) < 4.78 is 0. The van der Waals surface area contributed by atoms with Crippen LogP contribution in [0.15, 0.2) is 53.9 Å². The van der Waals surface area contributed by atoms with Crippen molar-refractivity contribution < 1.29 is 0 Å². The van der Waals surface area contributed by atoms with Gasteiger partial charge >= 0.3 is 0 Å². The van der Waals surface area contributed by atoms with Crippen LogP contribution < -0.4 is 5.43 Å². The Kier molecular flexibility index (Phi) is 3.51. The van der Waals surface area contributed by atoms with E-state index in [1.54, 1.807) is 18.6 Å². The number of anilines is 1. The summed E-state index contributed by atoms with van der Waals surface area (Å²) in [6.45, 7) is 0.